The molecule has 1 aromatic carbocycles. The molecule has 0 aromatic heterocycles. The van der Waals surface area contributed by atoms with Gasteiger partial charge in [-0.25, -0.2) is 0 Å². The molecule has 1 fully saturated rings. The molecule has 2 N–H and O–H groups in total. The van der Waals surface area contributed by atoms with Crippen LogP contribution in [-0.4, -0.2) is 18.0 Å². The predicted octanol–water partition coefficient (Wildman–Crippen LogP) is 3.11. The van der Waals surface area contributed by atoms with Gasteiger partial charge in [-0.3, -0.25) is 4.79 Å². The second-order valence-electron chi connectivity index (χ2n) is 5.62. The monoisotopic (exact) mass is 260 g/mol. The van der Waals surface area contributed by atoms with Crippen LogP contribution in [-0.2, 0) is 11.2 Å². The van der Waals surface area contributed by atoms with Crippen molar-refractivity contribution in [1.29, 1.82) is 0 Å². The molecule has 1 aliphatic heterocycles. The molecule has 3 heteroatoms. The number of aryl methyl sites for hydroxylation is 1. The van der Waals surface area contributed by atoms with Crippen molar-refractivity contribution < 1.29 is 4.79 Å². The minimum atomic E-state index is -0.402. The van der Waals surface area contributed by atoms with E-state index in [1.165, 1.54) is 18.4 Å². The van der Waals surface area contributed by atoms with Crippen LogP contribution in [0.2, 0.25) is 0 Å². The van der Waals surface area contributed by atoms with E-state index in [0.717, 1.165) is 31.5 Å². The molecule has 104 valence electrons. The van der Waals surface area contributed by atoms with Crippen molar-refractivity contribution in [3.05, 3.63) is 29.8 Å². The van der Waals surface area contributed by atoms with Crippen molar-refractivity contribution in [1.82, 2.24) is 5.32 Å². The second-order valence-corrected chi connectivity index (χ2v) is 5.62. The van der Waals surface area contributed by atoms with Crippen LogP contribution in [0.4, 0.5) is 5.69 Å². The Morgan fingerprint density at radius 1 is 1.37 bits per heavy atom. The van der Waals surface area contributed by atoms with Crippen molar-refractivity contribution in [2.24, 2.45) is 0 Å². The van der Waals surface area contributed by atoms with Crippen LogP contribution in [0.3, 0.4) is 0 Å². The lowest BCUT2D eigenvalue weighted by Crippen LogP contribution is -2.47. The average molecular weight is 260 g/mol. The van der Waals surface area contributed by atoms with Crippen molar-refractivity contribution in [3.8, 4) is 0 Å². The molecule has 1 amide bonds. The number of unbranched alkanes of at least 4 members (excludes halogenated alkanes) is 1. The minimum absolute atomic E-state index is 0.0753. The molecule has 1 aromatic rings. The van der Waals surface area contributed by atoms with Crippen LogP contribution in [0.5, 0.6) is 0 Å². The molecule has 19 heavy (non-hydrogen) atoms. The van der Waals surface area contributed by atoms with Gasteiger partial charge in [0.15, 0.2) is 0 Å². The third-order valence-electron chi connectivity index (χ3n) is 3.90. The van der Waals surface area contributed by atoms with Gasteiger partial charge < -0.3 is 10.6 Å². The highest BCUT2D eigenvalue weighted by molar-refractivity contribution is 5.98. The molecule has 0 radical (unpaired) electrons. The highest BCUT2D eigenvalue weighted by atomic mass is 16.2. The zero-order chi connectivity index (χ0) is 13.7. The fourth-order valence-corrected chi connectivity index (χ4v) is 2.49. The molecular weight excluding hydrogens is 236 g/mol. The van der Waals surface area contributed by atoms with Crippen molar-refractivity contribution in [2.45, 2.75) is 51.5 Å². The van der Waals surface area contributed by atoms with Gasteiger partial charge >= 0.3 is 0 Å². The number of amides is 1. The number of hydrogen-bond acceptors (Lipinski definition) is 2. The van der Waals surface area contributed by atoms with E-state index in [4.69, 9.17) is 0 Å². The normalized spacial score (nSPS) is 22.4. The van der Waals surface area contributed by atoms with E-state index in [2.05, 4.69) is 29.7 Å². The molecule has 1 saturated heterocycles. The summed E-state index contributed by atoms with van der Waals surface area (Å²) in [4.78, 5) is 12.2. The summed E-state index contributed by atoms with van der Waals surface area (Å²) in [5.74, 6) is 0.0753. The summed E-state index contributed by atoms with van der Waals surface area (Å²) in [6.45, 7) is 5.11. The van der Waals surface area contributed by atoms with Gasteiger partial charge in [-0.15, -0.1) is 0 Å². The third kappa shape index (κ3) is 3.57. The zero-order valence-electron chi connectivity index (χ0n) is 12.0. The second kappa shape index (κ2) is 6.20. The first-order chi connectivity index (χ1) is 9.14. The van der Waals surface area contributed by atoms with Gasteiger partial charge in [0.2, 0.25) is 5.91 Å². The maximum atomic E-state index is 12.2. The summed E-state index contributed by atoms with van der Waals surface area (Å²) in [5, 5.41) is 6.29. The van der Waals surface area contributed by atoms with E-state index in [-0.39, 0.29) is 5.91 Å². The van der Waals surface area contributed by atoms with Crippen LogP contribution < -0.4 is 10.6 Å². The van der Waals surface area contributed by atoms with Crippen LogP contribution >= 0.6 is 0 Å². The smallest absolute Gasteiger partial charge is 0.244 e. The summed E-state index contributed by atoms with van der Waals surface area (Å²) >= 11 is 0. The van der Waals surface area contributed by atoms with E-state index in [0.29, 0.717) is 0 Å². The first-order valence-electron chi connectivity index (χ1n) is 7.29. The van der Waals surface area contributed by atoms with Gasteiger partial charge in [0, 0.05) is 5.69 Å². The third-order valence-corrected chi connectivity index (χ3v) is 3.90. The van der Waals surface area contributed by atoms with E-state index < -0.39 is 5.54 Å². The Balaban J connectivity index is 1.93. The number of carbonyl (C=O) groups is 1. The number of anilines is 1. The Hall–Kier alpha value is -1.35. The molecule has 0 aliphatic carbocycles. The lowest BCUT2D eigenvalue weighted by atomic mass is 9.99. The lowest BCUT2D eigenvalue weighted by Gasteiger charge is -2.23. The Morgan fingerprint density at radius 2 is 2.11 bits per heavy atom. The van der Waals surface area contributed by atoms with Crippen LogP contribution in [0.15, 0.2) is 24.3 Å². The van der Waals surface area contributed by atoms with Gasteiger partial charge in [-0.2, -0.15) is 0 Å². The highest BCUT2D eigenvalue weighted by Crippen LogP contribution is 2.21. The van der Waals surface area contributed by atoms with Gasteiger partial charge in [-0.05, 0) is 56.8 Å². The fourth-order valence-electron chi connectivity index (χ4n) is 2.49. The molecule has 1 unspecified atom stereocenters. The molecule has 2 rings (SSSR count). The quantitative estimate of drug-likeness (QED) is 0.854. The molecule has 0 spiro atoms. The predicted molar refractivity (Wildman–Crippen MR) is 79.3 cm³/mol. The summed E-state index contributed by atoms with van der Waals surface area (Å²) in [5.41, 5.74) is 1.83. The molecule has 1 heterocycles. The molecule has 1 atom stereocenters. The molecule has 0 saturated carbocycles. The zero-order valence-corrected chi connectivity index (χ0v) is 12.0. The topological polar surface area (TPSA) is 41.1 Å². The maximum absolute atomic E-state index is 12.2. The van der Waals surface area contributed by atoms with E-state index >= 15 is 0 Å². The van der Waals surface area contributed by atoms with E-state index in [9.17, 15) is 4.79 Å². The summed E-state index contributed by atoms with van der Waals surface area (Å²) < 4.78 is 0. The summed E-state index contributed by atoms with van der Waals surface area (Å²) in [6, 6.07) is 8.22. The maximum Gasteiger partial charge on any atom is 0.244 e. The van der Waals surface area contributed by atoms with Gasteiger partial charge in [0.25, 0.3) is 0 Å². The Morgan fingerprint density at radius 3 is 2.68 bits per heavy atom. The van der Waals surface area contributed by atoms with E-state index in [1.807, 2.05) is 19.1 Å². The molecule has 3 nitrogen and oxygen atoms in total. The first-order valence-corrected chi connectivity index (χ1v) is 7.29. The van der Waals surface area contributed by atoms with Crippen LogP contribution in [0, 0.1) is 0 Å². The van der Waals surface area contributed by atoms with E-state index in [1.54, 1.807) is 0 Å². The lowest BCUT2D eigenvalue weighted by molar-refractivity contribution is -0.121. The SMILES string of the molecule is CCCCc1ccc(NC(=O)C2(C)CCCN2)cc1. The largest absolute Gasteiger partial charge is 0.324 e. The molecule has 1 aliphatic rings. The van der Waals surface area contributed by atoms with Crippen molar-refractivity contribution in [2.75, 3.05) is 11.9 Å². The standard InChI is InChI=1S/C16H24N2O/c1-3-4-6-13-7-9-14(10-8-13)18-15(19)16(2)11-5-12-17-16/h7-10,17H,3-6,11-12H2,1-2H3,(H,18,19). The average Bonchev–Trinajstić information content (AvgIpc) is 2.86. The summed E-state index contributed by atoms with van der Waals surface area (Å²) in [6.07, 6.45) is 5.52. The van der Waals surface area contributed by atoms with Gasteiger partial charge in [-0.1, -0.05) is 25.5 Å². The molecular formula is C16H24N2O. The van der Waals surface area contributed by atoms with Crippen LogP contribution in [0.25, 0.3) is 0 Å². The fraction of sp³-hybridized carbons (Fsp3) is 0.562. The molecule has 0 bridgehead atoms. The number of rotatable bonds is 5. The van der Waals surface area contributed by atoms with Crippen molar-refractivity contribution in [3.63, 3.8) is 0 Å². The Labute approximate surface area is 115 Å². The van der Waals surface area contributed by atoms with Gasteiger partial charge in [0.05, 0.1) is 5.54 Å². The number of benzene rings is 1. The minimum Gasteiger partial charge on any atom is -0.324 e. The van der Waals surface area contributed by atoms with Crippen LogP contribution in [0.1, 0.15) is 45.1 Å². The highest BCUT2D eigenvalue weighted by Gasteiger charge is 2.35. The summed E-state index contributed by atoms with van der Waals surface area (Å²) in [7, 11) is 0. The van der Waals surface area contributed by atoms with Crippen molar-refractivity contribution >= 4 is 11.6 Å². The number of carbonyl (C=O) groups excluding carboxylic acids is 1. The first kappa shape index (κ1) is 14.1. The Kier molecular flexibility index (Phi) is 4.59. The van der Waals surface area contributed by atoms with Gasteiger partial charge in [0.1, 0.15) is 0 Å². The number of hydrogen-bond donors (Lipinski definition) is 2. The number of nitrogens with one attached hydrogen (secondary N) is 2. The Bertz CT molecular complexity index is 419.